The molecule has 0 fully saturated rings. The number of nitrogens with two attached hydrogens (primary N) is 1. The number of hydrogen-bond donors (Lipinski definition) is 1. The zero-order chi connectivity index (χ0) is 15.0. The fourth-order valence-corrected chi connectivity index (χ4v) is 2.95. The summed E-state index contributed by atoms with van der Waals surface area (Å²) in [5.41, 5.74) is 10.4. The fourth-order valence-electron chi connectivity index (χ4n) is 2.74. The Hall–Kier alpha value is -1.84. The first-order chi connectivity index (χ1) is 10.1. The number of fused-ring (bicyclic) bond motifs is 1. The molecule has 4 heteroatoms. The van der Waals surface area contributed by atoms with Crippen molar-refractivity contribution < 1.29 is 4.79 Å². The lowest BCUT2D eigenvalue weighted by Crippen LogP contribution is -2.20. The number of likely N-dealkylation sites (N-methyl/N-ethyl adjacent to an activating group) is 1. The van der Waals surface area contributed by atoms with E-state index < -0.39 is 0 Å². The van der Waals surface area contributed by atoms with Gasteiger partial charge in [-0.25, -0.2) is 0 Å². The topological polar surface area (TPSA) is 46.3 Å². The van der Waals surface area contributed by atoms with Gasteiger partial charge >= 0.3 is 0 Å². The van der Waals surface area contributed by atoms with Crippen LogP contribution in [0.3, 0.4) is 0 Å². The van der Waals surface area contributed by atoms with Crippen LogP contribution in [0.15, 0.2) is 42.5 Å². The normalized spacial score (nSPS) is 15.2. The largest absolute Gasteiger partial charge is 0.324 e. The van der Waals surface area contributed by atoms with Gasteiger partial charge < -0.3 is 10.6 Å². The van der Waals surface area contributed by atoms with Crippen LogP contribution in [0.1, 0.15) is 22.7 Å². The van der Waals surface area contributed by atoms with Crippen LogP contribution in [0.25, 0.3) is 0 Å². The van der Waals surface area contributed by atoms with Crippen LogP contribution < -0.4 is 10.6 Å². The quantitative estimate of drug-likeness (QED) is 0.947. The summed E-state index contributed by atoms with van der Waals surface area (Å²) in [5, 5.41) is 0.740. The molecule has 0 aliphatic carbocycles. The standard InChI is InChI=1S/C17H17ClN2O/c1-20-16-7-6-12(8-13(16)10-17(20)21)15(19)9-11-4-2-3-5-14(11)18/h2-8,15H,9-10,19H2,1H3. The second-order valence-corrected chi connectivity index (χ2v) is 5.83. The Morgan fingerprint density at radius 2 is 2.05 bits per heavy atom. The lowest BCUT2D eigenvalue weighted by Gasteiger charge is -2.15. The van der Waals surface area contributed by atoms with Crippen LogP contribution in [-0.2, 0) is 17.6 Å². The predicted octanol–water partition coefficient (Wildman–Crippen LogP) is 3.10. The molecule has 1 unspecified atom stereocenters. The third-order valence-corrected chi connectivity index (χ3v) is 4.38. The van der Waals surface area contributed by atoms with Gasteiger partial charge in [0.2, 0.25) is 5.91 Å². The Kier molecular flexibility index (Phi) is 3.70. The highest BCUT2D eigenvalue weighted by Crippen LogP contribution is 2.31. The van der Waals surface area contributed by atoms with Crippen LogP contribution in [-0.4, -0.2) is 13.0 Å². The summed E-state index contributed by atoms with van der Waals surface area (Å²) in [4.78, 5) is 13.4. The maximum Gasteiger partial charge on any atom is 0.231 e. The predicted molar refractivity (Wildman–Crippen MR) is 85.6 cm³/mol. The van der Waals surface area contributed by atoms with Crippen molar-refractivity contribution in [1.29, 1.82) is 0 Å². The molecule has 0 bridgehead atoms. The van der Waals surface area contributed by atoms with Crippen molar-refractivity contribution >= 4 is 23.2 Å². The molecule has 0 saturated carbocycles. The Morgan fingerprint density at radius 3 is 2.81 bits per heavy atom. The average molecular weight is 301 g/mol. The molecule has 1 amide bonds. The summed E-state index contributed by atoms with van der Waals surface area (Å²) in [7, 11) is 1.80. The second kappa shape index (κ2) is 5.51. The molecule has 1 heterocycles. The maximum atomic E-state index is 11.7. The van der Waals surface area contributed by atoms with E-state index in [2.05, 4.69) is 0 Å². The van der Waals surface area contributed by atoms with Crippen molar-refractivity contribution in [3.05, 3.63) is 64.2 Å². The molecule has 108 valence electrons. The third-order valence-electron chi connectivity index (χ3n) is 4.01. The lowest BCUT2D eigenvalue weighted by molar-refractivity contribution is -0.117. The molecule has 1 aliphatic heterocycles. The van der Waals surface area contributed by atoms with Gasteiger partial charge in [-0.05, 0) is 35.2 Å². The van der Waals surface area contributed by atoms with E-state index >= 15 is 0 Å². The zero-order valence-electron chi connectivity index (χ0n) is 11.8. The van der Waals surface area contributed by atoms with E-state index in [-0.39, 0.29) is 11.9 Å². The molecule has 2 N–H and O–H groups in total. The van der Waals surface area contributed by atoms with Gasteiger partial charge in [0.25, 0.3) is 0 Å². The van der Waals surface area contributed by atoms with Crippen LogP contribution in [0.5, 0.6) is 0 Å². The SMILES string of the molecule is CN1C(=O)Cc2cc(C(N)Cc3ccccc3Cl)ccc21. The number of hydrogen-bond acceptors (Lipinski definition) is 2. The number of benzene rings is 2. The van der Waals surface area contributed by atoms with Crippen LogP contribution in [0.4, 0.5) is 5.69 Å². The molecule has 1 atom stereocenters. The summed E-state index contributed by atoms with van der Waals surface area (Å²) in [5.74, 6) is 0.127. The van der Waals surface area contributed by atoms with Gasteiger partial charge in [-0.15, -0.1) is 0 Å². The molecule has 0 spiro atoms. The molecule has 2 aromatic carbocycles. The fraction of sp³-hybridized carbons (Fsp3) is 0.235. The molecular weight excluding hydrogens is 284 g/mol. The van der Waals surface area contributed by atoms with E-state index in [0.29, 0.717) is 12.8 Å². The highest BCUT2D eigenvalue weighted by atomic mass is 35.5. The maximum absolute atomic E-state index is 11.7. The second-order valence-electron chi connectivity index (χ2n) is 5.42. The van der Waals surface area contributed by atoms with Crippen molar-refractivity contribution in [2.45, 2.75) is 18.9 Å². The van der Waals surface area contributed by atoms with Crippen LogP contribution in [0.2, 0.25) is 5.02 Å². The molecule has 21 heavy (non-hydrogen) atoms. The number of anilines is 1. The molecule has 3 nitrogen and oxygen atoms in total. The van der Waals surface area contributed by atoms with Crippen molar-refractivity contribution in [1.82, 2.24) is 0 Å². The Bertz CT molecular complexity index is 699. The zero-order valence-corrected chi connectivity index (χ0v) is 12.6. The van der Waals surface area contributed by atoms with Gasteiger partial charge in [-0.1, -0.05) is 41.9 Å². The molecule has 3 rings (SSSR count). The number of carbonyl (C=O) groups is 1. The van der Waals surface area contributed by atoms with E-state index in [1.165, 1.54) is 0 Å². The summed E-state index contributed by atoms with van der Waals surface area (Å²) in [6.07, 6.45) is 1.14. The van der Waals surface area contributed by atoms with E-state index in [0.717, 1.165) is 27.4 Å². The van der Waals surface area contributed by atoms with E-state index in [4.69, 9.17) is 17.3 Å². The molecule has 1 aliphatic rings. The van der Waals surface area contributed by atoms with Crippen molar-refractivity contribution in [2.24, 2.45) is 5.73 Å². The Balaban J connectivity index is 1.84. The van der Waals surface area contributed by atoms with E-state index in [9.17, 15) is 4.79 Å². The monoisotopic (exact) mass is 300 g/mol. The third kappa shape index (κ3) is 2.67. The first kappa shape index (κ1) is 14.1. The number of rotatable bonds is 3. The van der Waals surface area contributed by atoms with Crippen molar-refractivity contribution in [3.8, 4) is 0 Å². The number of carbonyl (C=O) groups excluding carboxylic acids is 1. The summed E-state index contributed by atoms with van der Waals surface area (Å²) < 4.78 is 0. The van der Waals surface area contributed by atoms with Gasteiger partial charge in [-0.2, -0.15) is 0 Å². The molecular formula is C17H17ClN2O. The lowest BCUT2D eigenvalue weighted by atomic mass is 9.97. The minimum atomic E-state index is -0.129. The minimum Gasteiger partial charge on any atom is -0.324 e. The van der Waals surface area contributed by atoms with E-state index in [1.54, 1.807) is 11.9 Å². The number of halogens is 1. The van der Waals surface area contributed by atoms with Gasteiger partial charge in [0, 0.05) is 23.8 Å². The summed E-state index contributed by atoms with van der Waals surface area (Å²) in [6.45, 7) is 0. The summed E-state index contributed by atoms with van der Waals surface area (Å²) in [6, 6.07) is 13.6. The highest BCUT2D eigenvalue weighted by Gasteiger charge is 2.24. The average Bonchev–Trinajstić information content (AvgIpc) is 2.76. The Labute approximate surface area is 129 Å². The van der Waals surface area contributed by atoms with Gasteiger partial charge in [0.15, 0.2) is 0 Å². The van der Waals surface area contributed by atoms with Gasteiger partial charge in [-0.3, -0.25) is 4.79 Å². The van der Waals surface area contributed by atoms with Crippen LogP contribution >= 0.6 is 11.6 Å². The Morgan fingerprint density at radius 1 is 1.29 bits per heavy atom. The first-order valence-corrected chi connectivity index (χ1v) is 7.32. The van der Waals surface area contributed by atoms with Gasteiger partial charge in [0.1, 0.15) is 0 Å². The molecule has 0 radical (unpaired) electrons. The summed E-state index contributed by atoms with van der Waals surface area (Å²) >= 11 is 6.18. The van der Waals surface area contributed by atoms with Crippen LogP contribution in [0, 0.1) is 0 Å². The van der Waals surface area contributed by atoms with Crippen molar-refractivity contribution in [3.63, 3.8) is 0 Å². The molecule has 0 aromatic heterocycles. The number of nitrogens with zero attached hydrogens (tertiary/aromatic N) is 1. The number of amides is 1. The smallest absolute Gasteiger partial charge is 0.231 e. The minimum absolute atomic E-state index is 0.127. The highest BCUT2D eigenvalue weighted by molar-refractivity contribution is 6.31. The van der Waals surface area contributed by atoms with Crippen molar-refractivity contribution in [2.75, 3.05) is 11.9 Å². The van der Waals surface area contributed by atoms with E-state index in [1.807, 2.05) is 42.5 Å². The molecule has 2 aromatic rings. The molecule has 0 saturated heterocycles. The van der Waals surface area contributed by atoms with Gasteiger partial charge in [0.05, 0.1) is 6.42 Å². The first-order valence-electron chi connectivity index (χ1n) is 6.94.